The summed E-state index contributed by atoms with van der Waals surface area (Å²) in [5.74, 6) is 2.23. The number of aromatic nitrogens is 4. The lowest BCUT2D eigenvalue weighted by molar-refractivity contribution is 0.300. The van der Waals surface area contributed by atoms with E-state index >= 15 is 0 Å². The highest BCUT2D eigenvalue weighted by Gasteiger charge is 2.28. The minimum atomic E-state index is -0.143. The molecule has 0 unspecified atom stereocenters. The Morgan fingerprint density at radius 1 is 1.17 bits per heavy atom. The molecule has 0 saturated heterocycles. The van der Waals surface area contributed by atoms with Gasteiger partial charge in [0.2, 0.25) is 0 Å². The Hall–Kier alpha value is -2.93. The number of hydrogen-bond acceptors (Lipinski definition) is 4. The second-order valence-corrected chi connectivity index (χ2v) is 8.22. The zero-order valence-electron chi connectivity index (χ0n) is 15.9. The van der Waals surface area contributed by atoms with Crippen LogP contribution in [0, 0.1) is 0 Å². The van der Waals surface area contributed by atoms with Crippen molar-refractivity contribution in [3.8, 4) is 11.4 Å². The second kappa shape index (κ2) is 7.15. The third-order valence-electron chi connectivity index (χ3n) is 5.19. The van der Waals surface area contributed by atoms with Crippen molar-refractivity contribution in [2.45, 2.75) is 25.4 Å². The maximum absolute atomic E-state index is 12.7. The second-order valence-electron chi connectivity index (χ2n) is 7.30. The predicted octanol–water partition coefficient (Wildman–Crippen LogP) is 4.34. The van der Waals surface area contributed by atoms with E-state index in [2.05, 4.69) is 25.5 Å². The molecule has 0 amide bonds. The monoisotopic (exact) mass is 450 g/mol. The van der Waals surface area contributed by atoms with Crippen LogP contribution in [0.1, 0.15) is 30.3 Å². The molecule has 29 heavy (non-hydrogen) atoms. The molecule has 0 aliphatic heterocycles. The van der Waals surface area contributed by atoms with Crippen molar-refractivity contribution in [2.24, 2.45) is 7.05 Å². The molecule has 0 N–H and O–H groups in total. The summed E-state index contributed by atoms with van der Waals surface area (Å²) in [7, 11) is 2.04. The molecule has 6 nitrogen and oxygen atoms in total. The van der Waals surface area contributed by atoms with Crippen LogP contribution >= 0.6 is 15.9 Å². The number of benzene rings is 1. The van der Waals surface area contributed by atoms with E-state index in [9.17, 15) is 4.79 Å². The first kappa shape index (κ1) is 18.1. The molecule has 0 bridgehead atoms. The molecule has 1 aliphatic rings. The molecule has 0 radical (unpaired) electrons. The standard InChI is InChI=1S/C22H19BrN4O2/c1-26-20-10-17(6-7-19(20)25-22(26)14-2-3-14)27-9-8-18(11-21(27)28)29-13-16-5-4-15(23)12-24-16/h4-12,14H,2-3,13H2,1H3. The maximum Gasteiger partial charge on any atom is 0.258 e. The maximum atomic E-state index is 12.7. The van der Waals surface area contributed by atoms with Crippen LogP contribution in [-0.4, -0.2) is 19.1 Å². The number of hydrogen-bond donors (Lipinski definition) is 0. The van der Waals surface area contributed by atoms with Crippen LogP contribution in [0.2, 0.25) is 0 Å². The van der Waals surface area contributed by atoms with E-state index in [-0.39, 0.29) is 5.56 Å². The average Bonchev–Trinajstić information content (AvgIpc) is 3.52. The van der Waals surface area contributed by atoms with Crippen LogP contribution in [-0.2, 0) is 13.7 Å². The van der Waals surface area contributed by atoms with Crippen LogP contribution in [0.15, 0.2) is 64.1 Å². The third kappa shape index (κ3) is 3.58. The number of rotatable bonds is 5. The Balaban J connectivity index is 1.40. The summed E-state index contributed by atoms with van der Waals surface area (Å²) in [6.07, 6.45) is 5.88. The van der Waals surface area contributed by atoms with E-state index in [0.717, 1.165) is 32.7 Å². The lowest BCUT2D eigenvalue weighted by Crippen LogP contribution is -2.16. The van der Waals surface area contributed by atoms with E-state index in [1.165, 1.54) is 18.9 Å². The van der Waals surface area contributed by atoms with Crippen molar-refractivity contribution in [1.82, 2.24) is 19.1 Å². The number of fused-ring (bicyclic) bond motifs is 1. The fraction of sp³-hybridized carbons (Fsp3) is 0.227. The van der Waals surface area contributed by atoms with Gasteiger partial charge >= 0.3 is 0 Å². The van der Waals surface area contributed by atoms with Gasteiger partial charge in [0, 0.05) is 35.9 Å². The molecular weight excluding hydrogens is 432 g/mol. The van der Waals surface area contributed by atoms with Gasteiger partial charge in [0.1, 0.15) is 18.2 Å². The van der Waals surface area contributed by atoms with Crippen LogP contribution < -0.4 is 10.3 Å². The first-order valence-corrected chi connectivity index (χ1v) is 10.3. The number of nitrogens with zero attached hydrogens (tertiary/aromatic N) is 4. The van der Waals surface area contributed by atoms with Crippen molar-refractivity contribution in [2.75, 3.05) is 0 Å². The summed E-state index contributed by atoms with van der Waals surface area (Å²) in [6.45, 7) is 0.307. The van der Waals surface area contributed by atoms with E-state index in [1.807, 2.05) is 37.4 Å². The highest BCUT2D eigenvalue weighted by atomic mass is 79.9. The van der Waals surface area contributed by atoms with Crippen LogP contribution in [0.25, 0.3) is 16.7 Å². The van der Waals surface area contributed by atoms with Crippen molar-refractivity contribution >= 4 is 27.0 Å². The first-order valence-electron chi connectivity index (χ1n) is 9.51. The van der Waals surface area contributed by atoms with E-state index < -0.39 is 0 Å². The van der Waals surface area contributed by atoms with Crippen LogP contribution in [0.5, 0.6) is 5.75 Å². The van der Waals surface area contributed by atoms with E-state index in [1.54, 1.807) is 23.0 Å². The Kier molecular flexibility index (Phi) is 4.47. The summed E-state index contributed by atoms with van der Waals surface area (Å²) < 4.78 is 10.4. The quantitative estimate of drug-likeness (QED) is 0.453. The Morgan fingerprint density at radius 2 is 2.03 bits per heavy atom. The van der Waals surface area contributed by atoms with Gasteiger partial charge in [-0.25, -0.2) is 4.98 Å². The van der Waals surface area contributed by atoms with Crippen LogP contribution in [0.4, 0.5) is 0 Å². The van der Waals surface area contributed by atoms with Gasteiger partial charge in [0.15, 0.2) is 0 Å². The van der Waals surface area contributed by atoms with Gasteiger partial charge in [0.25, 0.3) is 5.56 Å². The largest absolute Gasteiger partial charge is 0.487 e. The van der Waals surface area contributed by atoms with Crippen molar-refractivity contribution < 1.29 is 4.74 Å². The van der Waals surface area contributed by atoms with E-state index in [0.29, 0.717) is 18.3 Å². The number of imidazole rings is 1. The molecule has 3 aromatic heterocycles. The summed E-state index contributed by atoms with van der Waals surface area (Å²) in [6, 6.07) is 13.0. The molecular formula is C22H19BrN4O2. The summed E-state index contributed by atoms with van der Waals surface area (Å²) in [4.78, 5) is 21.7. The number of aryl methyl sites for hydroxylation is 1. The summed E-state index contributed by atoms with van der Waals surface area (Å²) >= 11 is 3.36. The lowest BCUT2D eigenvalue weighted by atomic mass is 10.2. The molecule has 1 fully saturated rings. The Bertz CT molecular complexity index is 1260. The molecule has 1 saturated carbocycles. The van der Waals surface area contributed by atoms with Crippen LogP contribution in [0.3, 0.4) is 0 Å². The molecule has 3 heterocycles. The minimum absolute atomic E-state index is 0.143. The fourth-order valence-electron chi connectivity index (χ4n) is 3.47. The van der Waals surface area contributed by atoms with Gasteiger partial charge < -0.3 is 9.30 Å². The molecule has 0 spiro atoms. The van der Waals surface area contributed by atoms with E-state index in [4.69, 9.17) is 9.72 Å². The van der Waals surface area contributed by atoms with Gasteiger partial charge in [-0.1, -0.05) is 0 Å². The summed E-state index contributed by atoms with van der Waals surface area (Å²) in [5.41, 5.74) is 3.47. The normalized spacial score (nSPS) is 13.7. The third-order valence-corrected chi connectivity index (χ3v) is 5.66. The molecule has 5 rings (SSSR count). The SMILES string of the molecule is Cn1c(C2CC2)nc2ccc(-n3ccc(OCc4ccc(Br)cn4)cc3=O)cc21. The minimum Gasteiger partial charge on any atom is -0.487 e. The Morgan fingerprint density at radius 3 is 2.76 bits per heavy atom. The first-order chi connectivity index (χ1) is 14.1. The molecule has 7 heteroatoms. The highest BCUT2D eigenvalue weighted by molar-refractivity contribution is 9.10. The van der Waals surface area contributed by atoms with Gasteiger partial charge in [-0.15, -0.1) is 0 Å². The lowest BCUT2D eigenvalue weighted by Gasteiger charge is -2.09. The topological polar surface area (TPSA) is 61.9 Å². The average molecular weight is 451 g/mol. The zero-order chi connectivity index (χ0) is 20.0. The van der Waals surface area contributed by atoms with Gasteiger partial charge in [-0.2, -0.15) is 0 Å². The zero-order valence-corrected chi connectivity index (χ0v) is 17.5. The Labute approximate surface area is 175 Å². The molecule has 146 valence electrons. The molecule has 4 aromatic rings. The summed E-state index contributed by atoms with van der Waals surface area (Å²) in [5, 5.41) is 0. The smallest absolute Gasteiger partial charge is 0.258 e. The molecule has 0 atom stereocenters. The predicted molar refractivity (Wildman–Crippen MR) is 115 cm³/mol. The number of pyridine rings is 2. The number of ether oxygens (including phenoxy) is 1. The van der Waals surface area contributed by atoms with Gasteiger partial charge in [-0.3, -0.25) is 14.3 Å². The fourth-order valence-corrected chi connectivity index (χ4v) is 3.70. The molecule has 1 aliphatic carbocycles. The van der Waals surface area contributed by atoms with Crippen molar-refractivity contribution in [3.05, 3.63) is 81.2 Å². The molecule has 1 aromatic carbocycles. The van der Waals surface area contributed by atoms with Crippen molar-refractivity contribution in [3.63, 3.8) is 0 Å². The van der Waals surface area contributed by atoms with Gasteiger partial charge in [0.05, 0.1) is 22.4 Å². The highest BCUT2D eigenvalue weighted by Crippen LogP contribution is 2.40. The van der Waals surface area contributed by atoms with Crippen molar-refractivity contribution in [1.29, 1.82) is 0 Å². The van der Waals surface area contributed by atoms with Gasteiger partial charge in [-0.05, 0) is 65.2 Å². The number of halogens is 1.